The van der Waals surface area contributed by atoms with E-state index >= 15 is 0 Å². The summed E-state index contributed by atoms with van der Waals surface area (Å²) in [4.78, 5) is 0. The van der Waals surface area contributed by atoms with Gasteiger partial charge < -0.3 is 10.1 Å². The highest BCUT2D eigenvalue weighted by atomic mass is 16.5. The molecular weight excluding hydrogens is 164 g/mol. The summed E-state index contributed by atoms with van der Waals surface area (Å²) in [5.41, 5.74) is 0.618. The maximum atomic E-state index is 8.49. The first kappa shape index (κ1) is 8.83. The van der Waals surface area contributed by atoms with Crippen LogP contribution in [0.15, 0.2) is 0 Å². The molecule has 72 valence electrons. The molecule has 3 nitrogen and oxygen atoms in total. The number of hydrogen-bond donors (Lipinski definition) is 1. The van der Waals surface area contributed by atoms with Gasteiger partial charge >= 0.3 is 0 Å². The van der Waals surface area contributed by atoms with Crippen LogP contribution >= 0.6 is 0 Å². The minimum atomic E-state index is 0.128. The van der Waals surface area contributed by atoms with E-state index in [2.05, 4.69) is 19.2 Å². The zero-order chi connectivity index (χ0) is 9.53. The third-order valence-corrected chi connectivity index (χ3v) is 3.11. The molecule has 1 aliphatic carbocycles. The van der Waals surface area contributed by atoms with Gasteiger partial charge in [-0.3, -0.25) is 0 Å². The molecule has 1 heterocycles. The number of hydrogen-bond acceptors (Lipinski definition) is 3. The second-order valence-electron chi connectivity index (χ2n) is 5.21. The summed E-state index contributed by atoms with van der Waals surface area (Å²) >= 11 is 0. The van der Waals surface area contributed by atoms with Crippen molar-refractivity contribution in [3.05, 3.63) is 0 Å². The topological polar surface area (TPSA) is 55.0 Å². The quantitative estimate of drug-likeness (QED) is 0.490. The normalized spacial score (nSPS) is 41.2. The number of rotatable bonds is 1. The van der Waals surface area contributed by atoms with Gasteiger partial charge in [0.25, 0.3) is 6.26 Å². The van der Waals surface area contributed by atoms with E-state index < -0.39 is 0 Å². The van der Waals surface area contributed by atoms with E-state index in [1.54, 1.807) is 0 Å². The Hall–Kier alpha value is -0.750. The lowest BCUT2D eigenvalue weighted by atomic mass is 9.70. The molecule has 3 heteroatoms. The van der Waals surface area contributed by atoms with Crippen molar-refractivity contribution in [1.29, 1.82) is 5.26 Å². The monoisotopic (exact) mass is 180 g/mol. The van der Waals surface area contributed by atoms with E-state index in [9.17, 15) is 0 Å². The van der Waals surface area contributed by atoms with Gasteiger partial charge in [-0.05, 0) is 18.3 Å². The van der Waals surface area contributed by atoms with Crippen LogP contribution < -0.4 is 5.32 Å². The summed E-state index contributed by atoms with van der Waals surface area (Å²) in [5.74, 6) is 0. The minimum absolute atomic E-state index is 0.128. The molecule has 0 aromatic carbocycles. The van der Waals surface area contributed by atoms with Gasteiger partial charge in [0.1, 0.15) is 6.10 Å². The van der Waals surface area contributed by atoms with Crippen molar-refractivity contribution in [3.63, 3.8) is 0 Å². The molecule has 13 heavy (non-hydrogen) atoms. The Morgan fingerprint density at radius 3 is 2.69 bits per heavy atom. The summed E-state index contributed by atoms with van der Waals surface area (Å²) in [6, 6.07) is 0. The van der Waals surface area contributed by atoms with E-state index in [-0.39, 0.29) is 6.10 Å². The fourth-order valence-corrected chi connectivity index (χ4v) is 2.74. The standard InChI is InChI=1S/C10H16N2O/c1-9(2)3-8(13-7-11)4-10(5-9)6-12-10/h8,12H,3-6H2,1-2H3. The molecule has 1 aliphatic heterocycles. The van der Waals surface area contributed by atoms with Crippen LogP contribution in [0.1, 0.15) is 33.1 Å². The van der Waals surface area contributed by atoms with E-state index in [0.29, 0.717) is 11.0 Å². The fraction of sp³-hybridized carbons (Fsp3) is 0.900. The molecule has 0 amide bonds. The smallest absolute Gasteiger partial charge is 0.286 e. The summed E-state index contributed by atoms with van der Waals surface area (Å²) in [6.07, 6.45) is 5.16. The van der Waals surface area contributed by atoms with Crippen molar-refractivity contribution in [3.8, 4) is 6.26 Å². The molecule has 0 bridgehead atoms. The molecule has 2 unspecified atom stereocenters. The van der Waals surface area contributed by atoms with Gasteiger partial charge in [-0.1, -0.05) is 13.8 Å². The Labute approximate surface area is 79.1 Å². The molecule has 2 rings (SSSR count). The lowest BCUT2D eigenvalue weighted by molar-refractivity contribution is 0.0431. The average Bonchev–Trinajstić information content (AvgIpc) is 2.65. The highest BCUT2D eigenvalue weighted by Crippen LogP contribution is 2.46. The van der Waals surface area contributed by atoms with Crippen molar-refractivity contribution in [2.75, 3.05) is 6.54 Å². The summed E-state index contributed by atoms with van der Waals surface area (Å²) in [5, 5.41) is 11.9. The van der Waals surface area contributed by atoms with E-state index in [1.165, 1.54) is 6.42 Å². The molecule has 2 aliphatic rings. The first-order valence-corrected chi connectivity index (χ1v) is 4.85. The number of ether oxygens (including phenoxy) is 1. The first-order chi connectivity index (χ1) is 6.05. The Morgan fingerprint density at radius 2 is 2.15 bits per heavy atom. The largest absolute Gasteiger partial charge is 0.424 e. The SMILES string of the molecule is CC1(C)CC(OC#N)CC2(CN2)C1. The molecule has 2 atom stereocenters. The van der Waals surface area contributed by atoms with Crippen LogP contribution in [0, 0.1) is 16.9 Å². The Balaban J connectivity index is 2.04. The zero-order valence-corrected chi connectivity index (χ0v) is 8.26. The van der Waals surface area contributed by atoms with Crippen LogP contribution in [0.3, 0.4) is 0 Å². The second-order valence-corrected chi connectivity index (χ2v) is 5.21. The molecule has 1 saturated carbocycles. The van der Waals surface area contributed by atoms with Gasteiger partial charge in [-0.25, -0.2) is 0 Å². The van der Waals surface area contributed by atoms with Crippen LogP contribution in [0.5, 0.6) is 0 Å². The Bertz CT molecular complexity index is 244. The van der Waals surface area contributed by atoms with Gasteiger partial charge in [-0.2, -0.15) is 5.26 Å². The van der Waals surface area contributed by atoms with Crippen LogP contribution in [-0.4, -0.2) is 18.2 Å². The molecule has 0 aromatic rings. The van der Waals surface area contributed by atoms with Crippen molar-refractivity contribution in [2.24, 2.45) is 5.41 Å². The van der Waals surface area contributed by atoms with Gasteiger partial charge in [0.15, 0.2) is 0 Å². The second kappa shape index (κ2) is 2.62. The molecule has 0 radical (unpaired) electrons. The van der Waals surface area contributed by atoms with Crippen molar-refractivity contribution in [2.45, 2.75) is 44.8 Å². The van der Waals surface area contributed by atoms with Gasteiger partial charge in [0.2, 0.25) is 0 Å². The highest BCUT2D eigenvalue weighted by Gasteiger charge is 2.51. The van der Waals surface area contributed by atoms with Crippen molar-refractivity contribution < 1.29 is 4.74 Å². The van der Waals surface area contributed by atoms with Crippen LogP contribution in [0.4, 0.5) is 0 Å². The minimum Gasteiger partial charge on any atom is -0.424 e. The lowest BCUT2D eigenvalue weighted by Crippen LogP contribution is -2.39. The molecular formula is C10H16N2O. The summed E-state index contributed by atoms with van der Waals surface area (Å²) in [7, 11) is 0. The maximum absolute atomic E-state index is 8.49. The number of nitrogens with zero attached hydrogens (tertiary/aromatic N) is 1. The zero-order valence-electron chi connectivity index (χ0n) is 8.26. The summed E-state index contributed by atoms with van der Waals surface area (Å²) in [6.45, 7) is 5.60. The van der Waals surface area contributed by atoms with Crippen LogP contribution in [0.25, 0.3) is 0 Å². The predicted octanol–water partition coefficient (Wildman–Crippen LogP) is 1.40. The van der Waals surface area contributed by atoms with E-state index in [0.717, 1.165) is 19.4 Å². The lowest BCUT2D eigenvalue weighted by Gasteiger charge is -2.38. The molecule has 1 N–H and O–H groups in total. The van der Waals surface area contributed by atoms with Crippen LogP contribution in [0.2, 0.25) is 0 Å². The van der Waals surface area contributed by atoms with Gasteiger partial charge in [0, 0.05) is 18.5 Å². The first-order valence-electron chi connectivity index (χ1n) is 4.85. The maximum Gasteiger partial charge on any atom is 0.286 e. The summed E-state index contributed by atoms with van der Waals surface area (Å²) < 4.78 is 5.06. The Morgan fingerprint density at radius 1 is 1.46 bits per heavy atom. The predicted molar refractivity (Wildman–Crippen MR) is 48.9 cm³/mol. The third kappa shape index (κ3) is 1.78. The van der Waals surface area contributed by atoms with E-state index in [1.807, 2.05) is 6.26 Å². The van der Waals surface area contributed by atoms with Crippen molar-refractivity contribution >= 4 is 0 Å². The number of nitrogens with one attached hydrogen (secondary N) is 1. The van der Waals surface area contributed by atoms with E-state index in [4.69, 9.17) is 10.00 Å². The molecule has 0 aromatic heterocycles. The average molecular weight is 180 g/mol. The van der Waals surface area contributed by atoms with Crippen molar-refractivity contribution in [1.82, 2.24) is 5.32 Å². The Kier molecular flexibility index (Phi) is 1.78. The molecule has 1 saturated heterocycles. The number of nitriles is 1. The fourth-order valence-electron chi connectivity index (χ4n) is 2.74. The van der Waals surface area contributed by atoms with Gasteiger partial charge in [0.05, 0.1) is 0 Å². The van der Waals surface area contributed by atoms with Crippen LogP contribution in [-0.2, 0) is 4.74 Å². The highest BCUT2D eigenvalue weighted by molar-refractivity contribution is 5.11. The molecule has 2 fully saturated rings. The third-order valence-electron chi connectivity index (χ3n) is 3.11. The van der Waals surface area contributed by atoms with Gasteiger partial charge in [-0.15, -0.1) is 0 Å². The molecule has 1 spiro atoms.